The summed E-state index contributed by atoms with van der Waals surface area (Å²) in [6.07, 6.45) is 1.40. The molecule has 0 bridgehead atoms. The molecule has 0 unspecified atom stereocenters. The second-order valence-corrected chi connectivity index (χ2v) is 3.91. The maximum absolute atomic E-state index is 11.4. The molecular weight excluding hydrogens is 222 g/mol. The summed E-state index contributed by atoms with van der Waals surface area (Å²) in [5.41, 5.74) is 0.953. The predicted molar refractivity (Wildman–Crippen MR) is 60.2 cm³/mol. The highest BCUT2D eigenvalue weighted by Crippen LogP contribution is 2.33. The monoisotopic (exact) mass is 235 g/mol. The number of nitrogens with one attached hydrogen (secondary N) is 1. The molecule has 0 saturated carbocycles. The van der Waals surface area contributed by atoms with Crippen LogP contribution in [0.2, 0.25) is 0 Å². The standard InChI is InChI=1S/C12H13NO4/c1-17-12(16)7-4-8(6-14)11(15)9(5-7)10-2-3-13-10/h4-6,10,13,15H,2-3H2,1H3/t10-/m1/s1. The first-order valence-corrected chi connectivity index (χ1v) is 5.31. The number of ether oxygens (including phenoxy) is 1. The zero-order valence-electron chi connectivity index (χ0n) is 9.40. The van der Waals surface area contributed by atoms with Crippen LogP contribution in [-0.2, 0) is 4.74 Å². The Kier molecular flexibility index (Phi) is 3.10. The van der Waals surface area contributed by atoms with Crippen molar-refractivity contribution in [3.63, 3.8) is 0 Å². The van der Waals surface area contributed by atoms with Crippen LogP contribution in [-0.4, -0.2) is 31.0 Å². The first-order chi connectivity index (χ1) is 8.17. The van der Waals surface area contributed by atoms with E-state index in [-0.39, 0.29) is 22.9 Å². The minimum Gasteiger partial charge on any atom is -0.507 e. The van der Waals surface area contributed by atoms with Gasteiger partial charge in [0, 0.05) is 11.6 Å². The molecule has 0 spiro atoms. The molecule has 5 nitrogen and oxygen atoms in total. The topological polar surface area (TPSA) is 75.6 Å². The summed E-state index contributed by atoms with van der Waals surface area (Å²) in [4.78, 5) is 22.3. The number of carbonyl (C=O) groups is 2. The molecule has 0 aliphatic carbocycles. The van der Waals surface area contributed by atoms with Gasteiger partial charge in [-0.25, -0.2) is 4.79 Å². The second-order valence-electron chi connectivity index (χ2n) is 3.91. The van der Waals surface area contributed by atoms with Gasteiger partial charge in [-0.05, 0) is 25.1 Å². The third-order valence-electron chi connectivity index (χ3n) is 2.92. The van der Waals surface area contributed by atoms with Crippen LogP contribution in [0.1, 0.15) is 38.7 Å². The molecule has 1 aromatic rings. The van der Waals surface area contributed by atoms with Gasteiger partial charge in [0.1, 0.15) is 5.75 Å². The number of rotatable bonds is 3. The van der Waals surface area contributed by atoms with Gasteiger partial charge in [0.05, 0.1) is 18.2 Å². The van der Waals surface area contributed by atoms with Gasteiger partial charge in [-0.1, -0.05) is 0 Å². The van der Waals surface area contributed by atoms with Crippen molar-refractivity contribution in [2.45, 2.75) is 12.5 Å². The van der Waals surface area contributed by atoms with Crippen molar-refractivity contribution in [1.82, 2.24) is 5.32 Å². The average molecular weight is 235 g/mol. The molecule has 1 saturated heterocycles. The van der Waals surface area contributed by atoms with Crippen molar-refractivity contribution in [3.8, 4) is 5.75 Å². The Bertz CT molecular complexity index is 466. The van der Waals surface area contributed by atoms with E-state index < -0.39 is 5.97 Å². The molecule has 17 heavy (non-hydrogen) atoms. The van der Waals surface area contributed by atoms with Crippen LogP contribution in [0.25, 0.3) is 0 Å². The molecule has 90 valence electrons. The maximum atomic E-state index is 11.4. The lowest BCUT2D eigenvalue weighted by Gasteiger charge is -2.29. The van der Waals surface area contributed by atoms with Crippen LogP contribution >= 0.6 is 0 Å². The Labute approximate surface area is 98.4 Å². The quantitative estimate of drug-likeness (QED) is 0.604. The highest BCUT2D eigenvalue weighted by Gasteiger charge is 2.25. The number of methoxy groups -OCH3 is 1. The molecule has 0 aromatic heterocycles. The van der Waals surface area contributed by atoms with Crippen molar-refractivity contribution in [3.05, 3.63) is 28.8 Å². The summed E-state index contributed by atoms with van der Waals surface area (Å²) >= 11 is 0. The predicted octanol–water partition coefficient (Wildman–Crippen LogP) is 1.03. The molecule has 0 amide bonds. The number of benzene rings is 1. The number of aromatic hydroxyl groups is 1. The van der Waals surface area contributed by atoms with E-state index in [1.165, 1.54) is 13.2 Å². The van der Waals surface area contributed by atoms with E-state index in [0.717, 1.165) is 13.0 Å². The summed E-state index contributed by atoms with van der Waals surface area (Å²) in [6.45, 7) is 0.864. The van der Waals surface area contributed by atoms with Crippen LogP contribution in [0.3, 0.4) is 0 Å². The van der Waals surface area contributed by atoms with Crippen LogP contribution in [0.4, 0.5) is 0 Å². The zero-order valence-corrected chi connectivity index (χ0v) is 9.40. The molecule has 1 aliphatic rings. The normalized spacial score (nSPS) is 18.3. The first-order valence-electron chi connectivity index (χ1n) is 5.31. The van der Waals surface area contributed by atoms with Crippen molar-refractivity contribution < 1.29 is 19.4 Å². The summed E-state index contributed by atoms with van der Waals surface area (Å²) in [7, 11) is 1.27. The zero-order chi connectivity index (χ0) is 12.4. The fraction of sp³-hybridized carbons (Fsp3) is 0.333. The lowest BCUT2D eigenvalue weighted by atomic mass is 9.93. The number of carbonyl (C=O) groups excluding carboxylic acids is 2. The molecule has 0 radical (unpaired) electrons. The van der Waals surface area contributed by atoms with Crippen molar-refractivity contribution in [1.29, 1.82) is 0 Å². The smallest absolute Gasteiger partial charge is 0.337 e. The van der Waals surface area contributed by atoms with Gasteiger partial charge >= 0.3 is 5.97 Å². The Balaban J connectivity index is 2.48. The SMILES string of the molecule is COC(=O)c1cc(C=O)c(O)c([C@H]2CCN2)c1. The first kappa shape index (κ1) is 11.6. The van der Waals surface area contributed by atoms with E-state index in [9.17, 15) is 14.7 Å². The van der Waals surface area contributed by atoms with Crippen LogP contribution < -0.4 is 5.32 Å². The molecule has 1 aromatic carbocycles. The van der Waals surface area contributed by atoms with E-state index in [1.807, 2.05) is 0 Å². The lowest BCUT2D eigenvalue weighted by Crippen LogP contribution is -2.35. The largest absolute Gasteiger partial charge is 0.507 e. The Morgan fingerprint density at radius 1 is 1.59 bits per heavy atom. The molecular formula is C12H13NO4. The van der Waals surface area contributed by atoms with Crippen LogP contribution in [0.5, 0.6) is 5.75 Å². The number of esters is 1. The number of phenols is 1. The van der Waals surface area contributed by atoms with Crippen LogP contribution in [0.15, 0.2) is 12.1 Å². The van der Waals surface area contributed by atoms with E-state index in [2.05, 4.69) is 10.1 Å². The Hall–Kier alpha value is -1.88. The average Bonchev–Trinajstić information content (AvgIpc) is 2.28. The van der Waals surface area contributed by atoms with Gasteiger partial charge in [-0.2, -0.15) is 0 Å². The number of aldehydes is 1. The Morgan fingerprint density at radius 2 is 2.29 bits per heavy atom. The van der Waals surface area contributed by atoms with Gasteiger partial charge in [-0.3, -0.25) is 4.79 Å². The molecule has 1 heterocycles. The summed E-state index contributed by atoms with van der Waals surface area (Å²) in [6, 6.07) is 2.89. The fourth-order valence-electron chi connectivity index (χ4n) is 1.83. The molecule has 1 atom stereocenters. The van der Waals surface area contributed by atoms with Crippen molar-refractivity contribution in [2.75, 3.05) is 13.7 Å². The van der Waals surface area contributed by atoms with E-state index >= 15 is 0 Å². The summed E-state index contributed by atoms with van der Waals surface area (Å²) in [5, 5.41) is 13.0. The van der Waals surface area contributed by atoms with Crippen LogP contribution in [0, 0.1) is 0 Å². The van der Waals surface area contributed by atoms with Gasteiger partial charge < -0.3 is 15.2 Å². The number of hydrogen-bond donors (Lipinski definition) is 2. The van der Waals surface area contributed by atoms with Crippen molar-refractivity contribution in [2.24, 2.45) is 0 Å². The second kappa shape index (κ2) is 4.55. The third-order valence-corrected chi connectivity index (χ3v) is 2.92. The van der Waals surface area contributed by atoms with E-state index in [0.29, 0.717) is 11.8 Å². The van der Waals surface area contributed by atoms with E-state index in [1.54, 1.807) is 6.07 Å². The third kappa shape index (κ3) is 2.01. The maximum Gasteiger partial charge on any atom is 0.337 e. The Morgan fingerprint density at radius 3 is 2.76 bits per heavy atom. The highest BCUT2D eigenvalue weighted by atomic mass is 16.5. The minimum atomic E-state index is -0.520. The highest BCUT2D eigenvalue weighted by molar-refractivity contribution is 5.93. The molecule has 1 aliphatic heterocycles. The van der Waals surface area contributed by atoms with Gasteiger partial charge in [-0.15, -0.1) is 0 Å². The number of phenolic OH excluding ortho intramolecular Hbond substituents is 1. The molecule has 2 rings (SSSR count). The molecule has 5 heteroatoms. The van der Waals surface area contributed by atoms with E-state index in [4.69, 9.17) is 0 Å². The summed E-state index contributed by atoms with van der Waals surface area (Å²) in [5.74, 6) is -0.585. The van der Waals surface area contributed by atoms with Gasteiger partial charge in [0.25, 0.3) is 0 Å². The molecule has 2 N–H and O–H groups in total. The lowest BCUT2D eigenvalue weighted by molar-refractivity contribution is 0.0600. The van der Waals surface area contributed by atoms with Crippen molar-refractivity contribution >= 4 is 12.3 Å². The van der Waals surface area contributed by atoms with Gasteiger partial charge in [0.2, 0.25) is 0 Å². The summed E-state index contributed by atoms with van der Waals surface area (Å²) < 4.78 is 4.61. The minimum absolute atomic E-state index is 0.00157. The fourth-order valence-corrected chi connectivity index (χ4v) is 1.83. The molecule has 1 fully saturated rings. The van der Waals surface area contributed by atoms with Gasteiger partial charge in [0.15, 0.2) is 6.29 Å². The number of hydrogen-bond acceptors (Lipinski definition) is 5.